The van der Waals surface area contributed by atoms with E-state index in [1.54, 1.807) is 6.07 Å². The van der Waals surface area contributed by atoms with Crippen LogP contribution in [-0.2, 0) is 0 Å². The standard InChI is InChI=1S/C21H21N3O4/c25-19(18-9-14-3-1-2-4-17(14)28-18)22-12-16-10-21(16)5-7-24(8-6-21)20(26)15-11-23-27-13-15/h1-4,9,11,13,16H,5-8,10,12H2,(H,22,25). The third kappa shape index (κ3) is 2.96. The van der Waals surface area contributed by atoms with Crippen LogP contribution in [0.4, 0.5) is 0 Å². The van der Waals surface area contributed by atoms with Gasteiger partial charge in [-0.2, -0.15) is 0 Å². The van der Waals surface area contributed by atoms with E-state index in [9.17, 15) is 9.59 Å². The number of likely N-dealkylation sites (tertiary alicyclic amines) is 1. The minimum absolute atomic E-state index is 0.0218. The van der Waals surface area contributed by atoms with Crippen molar-refractivity contribution in [2.45, 2.75) is 19.3 Å². The van der Waals surface area contributed by atoms with Crippen molar-refractivity contribution < 1.29 is 18.5 Å². The Labute approximate surface area is 161 Å². The summed E-state index contributed by atoms with van der Waals surface area (Å²) in [5, 5.41) is 7.55. The molecule has 5 rings (SSSR count). The molecule has 2 fully saturated rings. The normalized spacial score (nSPS) is 20.4. The zero-order valence-electron chi connectivity index (χ0n) is 15.4. The number of fused-ring (bicyclic) bond motifs is 1. The van der Waals surface area contributed by atoms with Crippen molar-refractivity contribution in [3.05, 3.63) is 54.1 Å². The summed E-state index contributed by atoms with van der Waals surface area (Å²) in [7, 11) is 0. The minimum atomic E-state index is -0.168. The molecule has 1 N–H and O–H groups in total. The van der Waals surface area contributed by atoms with Crippen LogP contribution in [0.3, 0.4) is 0 Å². The summed E-state index contributed by atoms with van der Waals surface area (Å²) < 4.78 is 10.4. The van der Waals surface area contributed by atoms with Crippen LogP contribution in [0.2, 0.25) is 0 Å². The second kappa shape index (κ2) is 6.51. The van der Waals surface area contributed by atoms with Crippen molar-refractivity contribution in [2.24, 2.45) is 11.3 Å². The van der Waals surface area contributed by atoms with Crippen LogP contribution >= 0.6 is 0 Å². The van der Waals surface area contributed by atoms with Gasteiger partial charge in [0.15, 0.2) is 5.76 Å². The smallest absolute Gasteiger partial charge is 0.287 e. The molecule has 2 amide bonds. The molecule has 1 saturated carbocycles. The predicted molar refractivity (Wildman–Crippen MR) is 101 cm³/mol. The summed E-state index contributed by atoms with van der Waals surface area (Å²) in [5.41, 5.74) is 1.48. The quantitative estimate of drug-likeness (QED) is 0.752. The van der Waals surface area contributed by atoms with Crippen LogP contribution in [0.1, 0.15) is 40.2 Å². The Morgan fingerprint density at radius 2 is 2.07 bits per heavy atom. The van der Waals surface area contributed by atoms with E-state index >= 15 is 0 Å². The highest BCUT2D eigenvalue weighted by Gasteiger charge is 2.54. The summed E-state index contributed by atoms with van der Waals surface area (Å²) >= 11 is 0. The molecule has 144 valence electrons. The van der Waals surface area contributed by atoms with Gasteiger partial charge in [-0.1, -0.05) is 23.4 Å². The topological polar surface area (TPSA) is 88.6 Å². The second-order valence-electron chi connectivity index (χ2n) is 7.83. The van der Waals surface area contributed by atoms with Gasteiger partial charge in [0.2, 0.25) is 0 Å². The fourth-order valence-electron chi connectivity index (χ4n) is 4.38. The Morgan fingerprint density at radius 1 is 1.25 bits per heavy atom. The lowest BCUT2D eigenvalue weighted by molar-refractivity contribution is 0.0668. The van der Waals surface area contributed by atoms with Crippen LogP contribution in [0.25, 0.3) is 11.0 Å². The number of amides is 2. The number of furan rings is 1. The first-order valence-electron chi connectivity index (χ1n) is 9.60. The molecule has 28 heavy (non-hydrogen) atoms. The third-order valence-corrected chi connectivity index (χ3v) is 6.24. The number of hydrogen-bond donors (Lipinski definition) is 1. The van der Waals surface area contributed by atoms with Crippen LogP contribution in [0.5, 0.6) is 0 Å². The fraction of sp³-hybridized carbons (Fsp3) is 0.381. The van der Waals surface area contributed by atoms with Crippen molar-refractivity contribution in [3.63, 3.8) is 0 Å². The number of hydrogen-bond acceptors (Lipinski definition) is 5. The molecule has 1 aliphatic carbocycles. The van der Waals surface area contributed by atoms with E-state index in [-0.39, 0.29) is 17.2 Å². The van der Waals surface area contributed by atoms with E-state index in [0.717, 1.165) is 43.3 Å². The van der Waals surface area contributed by atoms with E-state index in [4.69, 9.17) is 8.94 Å². The maximum absolute atomic E-state index is 12.4. The predicted octanol–water partition coefficient (Wildman–Crippen LogP) is 3.09. The van der Waals surface area contributed by atoms with Crippen molar-refractivity contribution in [1.29, 1.82) is 0 Å². The molecule has 0 radical (unpaired) electrons. The van der Waals surface area contributed by atoms with Crippen LogP contribution < -0.4 is 5.32 Å². The van der Waals surface area contributed by atoms with Gasteiger partial charge in [0, 0.05) is 25.0 Å². The maximum Gasteiger partial charge on any atom is 0.287 e. The lowest BCUT2D eigenvalue weighted by Gasteiger charge is -2.32. The molecule has 2 aliphatic rings. The molecule has 1 atom stereocenters. The lowest BCUT2D eigenvalue weighted by atomic mass is 9.90. The zero-order chi connectivity index (χ0) is 19.1. The first-order valence-corrected chi connectivity index (χ1v) is 9.60. The van der Waals surface area contributed by atoms with Crippen molar-refractivity contribution >= 4 is 22.8 Å². The molecule has 1 spiro atoms. The molecule has 7 heteroatoms. The van der Waals surface area contributed by atoms with E-state index in [1.165, 1.54) is 12.5 Å². The van der Waals surface area contributed by atoms with E-state index in [0.29, 0.717) is 23.8 Å². The summed E-state index contributed by atoms with van der Waals surface area (Å²) in [6.45, 7) is 2.12. The largest absolute Gasteiger partial charge is 0.451 e. The number of nitrogens with zero attached hydrogens (tertiary/aromatic N) is 2. The summed E-state index contributed by atoms with van der Waals surface area (Å²) in [6, 6.07) is 9.38. The molecule has 3 heterocycles. The fourth-order valence-corrected chi connectivity index (χ4v) is 4.38. The zero-order valence-corrected chi connectivity index (χ0v) is 15.4. The van der Waals surface area contributed by atoms with Crippen LogP contribution in [-0.4, -0.2) is 41.5 Å². The molecule has 3 aromatic rings. The number of carbonyl (C=O) groups is 2. The highest BCUT2D eigenvalue weighted by molar-refractivity contribution is 5.96. The molecule has 0 bridgehead atoms. The summed E-state index contributed by atoms with van der Waals surface area (Å²) in [4.78, 5) is 26.7. The van der Waals surface area contributed by atoms with Crippen molar-refractivity contribution in [2.75, 3.05) is 19.6 Å². The van der Waals surface area contributed by atoms with Gasteiger partial charge in [-0.05, 0) is 42.7 Å². The minimum Gasteiger partial charge on any atom is -0.451 e. The first kappa shape index (κ1) is 17.0. The highest BCUT2D eigenvalue weighted by atomic mass is 16.5. The average molecular weight is 379 g/mol. The highest BCUT2D eigenvalue weighted by Crippen LogP contribution is 2.59. The van der Waals surface area contributed by atoms with Gasteiger partial charge in [-0.3, -0.25) is 9.59 Å². The molecule has 7 nitrogen and oxygen atoms in total. The Morgan fingerprint density at radius 3 is 2.82 bits per heavy atom. The molecule has 1 unspecified atom stereocenters. The Kier molecular flexibility index (Phi) is 3.96. The number of para-hydroxylation sites is 1. The van der Waals surface area contributed by atoms with Gasteiger partial charge >= 0.3 is 0 Å². The van der Waals surface area contributed by atoms with E-state index in [1.807, 2.05) is 29.2 Å². The first-order chi connectivity index (χ1) is 13.6. The van der Waals surface area contributed by atoms with Gasteiger partial charge in [0.05, 0.1) is 11.8 Å². The van der Waals surface area contributed by atoms with E-state index < -0.39 is 0 Å². The Balaban J connectivity index is 1.14. The van der Waals surface area contributed by atoms with Gasteiger partial charge < -0.3 is 19.2 Å². The summed E-state index contributed by atoms with van der Waals surface area (Å²) in [6.07, 6.45) is 5.88. The number of piperidine rings is 1. The summed E-state index contributed by atoms with van der Waals surface area (Å²) in [5.74, 6) is 0.628. The monoisotopic (exact) mass is 379 g/mol. The lowest BCUT2D eigenvalue weighted by Crippen LogP contribution is -2.40. The third-order valence-electron chi connectivity index (χ3n) is 6.24. The van der Waals surface area contributed by atoms with E-state index in [2.05, 4.69) is 10.5 Å². The van der Waals surface area contributed by atoms with Gasteiger partial charge in [-0.15, -0.1) is 0 Å². The molecular formula is C21H21N3O4. The van der Waals surface area contributed by atoms with Gasteiger partial charge in [-0.25, -0.2) is 0 Å². The molecule has 1 aliphatic heterocycles. The Bertz CT molecular complexity index is 982. The number of carbonyl (C=O) groups excluding carboxylic acids is 2. The molecule has 1 saturated heterocycles. The van der Waals surface area contributed by atoms with Crippen LogP contribution in [0.15, 0.2) is 51.7 Å². The number of benzene rings is 1. The number of aromatic nitrogens is 1. The Hall–Kier alpha value is -3.09. The SMILES string of the molecule is O=C(NCC1CC12CCN(C(=O)c1cnoc1)CC2)c1cc2ccccc2o1. The van der Waals surface area contributed by atoms with Crippen LogP contribution in [0, 0.1) is 11.3 Å². The van der Waals surface area contributed by atoms with Crippen molar-refractivity contribution in [1.82, 2.24) is 15.4 Å². The van der Waals surface area contributed by atoms with Crippen molar-refractivity contribution in [3.8, 4) is 0 Å². The molecule has 1 aromatic carbocycles. The van der Waals surface area contributed by atoms with Gasteiger partial charge in [0.25, 0.3) is 11.8 Å². The molecular weight excluding hydrogens is 358 g/mol. The van der Waals surface area contributed by atoms with Gasteiger partial charge in [0.1, 0.15) is 11.8 Å². The maximum atomic E-state index is 12.4. The second-order valence-corrected chi connectivity index (χ2v) is 7.83. The average Bonchev–Trinajstić information content (AvgIpc) is 3.13. The number of nitrogens with one attached hydrogen (secondary N) is 1. The molecule has 2 aromatic heterocycles. The number of rotatable bonds is 4.